The lowest BCUT2D eigenvalue weighted by atomic mass is 10.2. The van der Waals surface area contributed by atoms with Crippen molar-refractivity contribution in [2.75, 3.05) is 37.6 Å². The number of anilines is 1. The molecule has 3 aromatic rings. The van der Waals surface area contributed by atoms with Crippen LogP contribution in [0.5, 0.6) is 0 Å². The average molecular weight is 452 g/mol. The summed E-state index contributed by atoms with van der Waals surface area (Å²) >= 11 is 6.08. The number of amides is 2. The van der Waals surface area contributed by atoms with Gasteiger partial charge in [0.25, 0.3) is 5.91 Å². The summed E-state index contributed by atoms with van der Waals surface area (Å²) < 4.78 is 1.75. The van der Waals surface area contributed by atoms with E-state index in [1.807, 2.05) is 62.4 Å². The first-order chi connectivity index (χ1) is 15.4. The monoisotopic (exact) mass is 451 g/mol. The maximum absolute atomic E-state index is 12.7. The van der Waals surface area contributed by atoms with Crippen molar-refractivity contribution in [1.29, 1.82) is 0 Å². The predicted molar refractivity (Wildman–Crippen MR) is 126 cm³/mol. The van der Waals surface area contributed by atoms with E-state index in [2.05, 4.69) is 15.3 Å². The summed E-state index contributed by atoms with van der Waals surface area (Å²) in [5, 5.41) is 7.82. The van der Waals surface area contributed by atoms with E-state index in [9.17, 15) is 9.59 Å². The van der Waals surface area contributed by atoms with Crippen LogP contribution in [0.1, 0.15) is 21.6 Å². The molecule has 4 rings (SSSR count). The Morgan fingerprint density at radius 2 is 1.78 bits per heavy atom. The van der Waals surface area contributed by atoms with Gasteiger partial charge >= 0.3 is 0 Å². The minimum absolute atomic E-state index is 0.0367. The van der Waals surface area contributed by atoms with Crippen LogP contribution in [0.2, 0.25) is 5.02 Å². The van der Waals surface area contributed by atoms with E-state index in [4.69, 9.17) is 11.6 Å². The molecule has 2 heterocycles. The van der Waals surface area contributed by atoms with Crippen molar-refractivity contribution in [3.8, 4) is 5.69 Å². The second-order valence-electron chi connectivity index (χ2n) is 7.87. The third kappa shape index (κ3) is 4.62. The molecule has 166 valence electrons. The highest BCUT2D eigenvalue weighted by atomic mass is 35.5. The normalized spacial score (nSPS) is 13.8. The van der Waals surface area contributed by atoms with Crippen LogP contribution in [0, 0.1) is 13.8 Å². The van der Waals surface area contributed by atoms with Crippen molar-refractivity contribution in [3.63, 3.8) is 0 Å². The standard InChI is InChI=1S/C24H26ClN5O2/c1-17-6-3-4-9-22(17)30-18(2)21(15-27-30)24(32)26-16-23(31)29-12-10-28(11-13-29)20-8-5-7-19(25)14-20/h3-9,14-15H,10-13,16H2,1-2H3,(H,26,32). The maximum atomic E-state index is 12.7. The number of para-hydroxylation sites is 1. The summed E-state index contributed by atoms with van der Waals surface area (Å²) in [5.74, 6) is -0.388. The SMILES string of the molecule is Cc1ccccc1-n1ncc(C(=O)NCC(=O)N2CCN(c3cccc(Cl)c3)CC2)c1C. The molecule has 0 aliphatic carbocycles. The molecule has 8 heteroatoms. The molecule has 32 heavy (non-hydrogen) atoms. The minimum atomic E-state index is -0.298. The van der Waals surface area contributed by atoms with Crippen LogP contribution in [0.4, 0.5) is 5.69 Å². The van der Waals surface area contributed by atoms with Gasteiger partial charge in [0.1, 0.15) is 0 Å². The van der Waals surface area contributed by atoms with Gasteiger partial charge in [-0.2, -0.15) is 5.10 Å². The molecular weight excluding hydrogens is 426 g/mol. The average Bonchev–Trinajstić information content (AvgIpc) is 3.19. The van der Waals surface area contributed by atoms with E-state index < -0.39 is 0 Å². The molecule has 1 saturated heterocycles. The highest BCUT2D eigenvalue weighted by molar-refractivity contribution is 6.30. The van der Waals surface area contributed by atoms with Crippen LogP contribution < -0.4 is 10.2 Å². The van der Waals surface area contributed by atoms with Crippen LogP contribution in [0.3, 0.4) is 0 Å². The van der Waals surface area contributed by atoms with Crippen LogP contribution in [0.15, 0.2) is 54.7 Å². The van der Waals surface area contributed by atoms with Gasteiger partial charge in [-0.3, -0.25) is 9.59 Å². The van der Waals surface area contributed by atoms with Crippen LogP contribution in [0.25, 0.3) is 5.69 Å². The van der Waals surface area contributed by atoms with Crippen molar-refractivity contribution in [2.45, 2.75) is 13.8 Å². The van der Waals surface area contributed by atoms with E-state index in [1.165, 1.54) is 0 Å². The molecule has 2 amide bonds. The lowest BCUT2D eigenvalue weighted by Gasteiger charge is -2.36. The summed E-state index contributed by atoms with van der Waals surface area (Å²) in [7, 11) is 0. The highest BCUT2D eigenvalue weighted by Gasteiger charge is 2.23. The third-order valence-corrected chi connectivity index (χ3v) is 6.04. The number of halogens is 1. The van der Waals surface area contributed by atoms with Gasteiger partial charge in [-0.15, -0.1) is 0 Å². The quantitative estimate of drug-likeness (QED) is 0.646. The van der Waals surface area contributed by atoms with Gasteiger partial charge in [0.05, 0.1) is 29.7 Å². The van der Waals surface area contributed by atoms with Gasteiger partial charge in [0.15, 0.2) is 0 Å². The van der Waals surface area contributed by atoms with Crippen molar-refractivity contribution in [3.05, 3.63) is 76.6 Å². The number of piperazine rings is 1. The molecule has 7 nitrogen and oxygen atoms in total. The van der Waals surface area contributed by atoms with Crippen molar-refractivity contribution >= 4 is 29.1 Å². The zero-order valence-corrected chi connectivity index (χ0v) is 19.0. The van der Waals surface area contributed by atoms with Gasteiger partial charge in [-0.25, -0.2) is 4.68 Å². The fourth-order valence-electron chi connectivity index (χ4n) is 3.93. The van der Waals surface area contributed by atoms with Gasteiger partial charge in [0, 0.05) is 36.9 Å². The first-order valence-electron chi connectivity index (χ1n) is 10.6. The second kappa shape index (κ2) is 9.44. The van der Waals surface area contributed by atoms with E-state index in [0.717, 1.165) is 35.7 Å². The molecule has 0 unspecified atom stereocenters. The van der Waals surface area contributed by atoms with E-state index in [-0.39, 0.29) is 18.4 Å². The molecule has 0 radical (unpaired) electrons. The molecule has 0 atom stereocenters. The Morgan fingerprint density at radius 1 is 1.03 bits per heavy atom. The summed E-state index contributed by atoms with van der Waals surface area (Å²) in [6.45, 7) is 6.47. The van der Waals surface area contributed by atoms with E-state index in [0.29, 0.717) is 23.7 Å². The molecule has 1 aromatic heterocycles. The topological polar surface area (TPSA) is 70.5 Å². The predicted octanol–water partition coefficient (Wildman–Crippen LogP) is 3.22. The number of aryl methyl sites for hydroxylation is 1. The number of nitrogens with zero attached hydrogens (tertiary/aromatic N) is 4. The second-order valence-corrected chi connectivity index (χ2v) is 8.31. The molecule has 0 saturated carbocycles. The van der Waals surface area contributed by atoms with Crippen molar-refractivity contribution in [2.24, 2.45) is 0 Å². The van der Waals surface area contributed by atoms with Gasteiger partial charge in [-0.1, -0.05) is 35.9 Å². The van der Waals surface area contributed by atoms with Gasteiger partial charge < -0.3 is 15.1 Å². The molecule has 1 fully saturated rings. The number of carbonyl (C=O) groups excluding carboxylic acids is 2. The lowest BCUT2D eigenvalue weighted by molar-refractivity contribution is -0.130. The fourth-order valence-corrected chi connectivity index (χ4v) is 4.11. The van der Waals surface area contributed by atoms with Gasteiger partial charge in [0.2, 0.25) is 5.91 Å². The Hall–Kier alpha value is -3.32. The first kappa shape index (κ1) is 21.9. The molecule has 0 bridgehead atoms. The Morgan fingerprint density at radius 3 is 2.50 bits per heavy atom. The number of hydrogen-bond acceptors (Lipinski definition) is 4. The molecule has 1 N–H and O–H groups in total. The Balaban J connectivity index is 1.32. The lowest BCUT2D eigenvalue weighted by Crippen LogP contribution is -2.51. The Bertz CT molecular complexity index is 1130. The molecular formula is C24H26ClN5O2. The molecule has 0 spiro atoms. The van der Waals surface area contributed by atoms with Crippen LogP contribution in [-0.4, -0.2) is 59.2 Å². The first-order valence-corrected chi connectivity index (χ1v) is 11.0. The van der Waals surface area contributed by atoms with Crippen molar-refractivity contribution in [1.82, 2.24) is 20.0 Å². The van der Waals surface area contributed by atoms with E-state index >= 15 is 0 Å². The molecule has 2 aromatic carbocycles. The minimum Gasteiger partial charge on any atom is -0.368 e. The highest BCUT2D eigenvalue weighted by Crippen LogP contribution is 2.21. The number of benzene rings is 2. The number of hydrogen-bond donors (Lipinski definition) is 1. The zero-order valence-electron chi connectivity index (χ0n) is 18.2. The zero-order chi connectivity index (χ0) is 22.7. The Labute approximate surface area is 192 Å². The largest absolute Gasteiger partial charge is 0.368 e. The summed E-state index contributed by atoms with van der Waals surface area (Å²) in [4.78, 5) is 29.3. The summed E-state index contributed by atoms with van der Waals surface area (Å²) in [5.41, 5.74) is 4.25. The van der Waals surface area contributed by atoms with Gasteiger partial charge in [-0.05, 0) is 43.7 Å². The summed E-state index contributed by atoms with van der Waals surface area (Å²) in [6.07, 6.45) is 1.55. The summed E-state index contributed by atoms with van der Waals surface area (Å²) in [6, 6.07) is 15.6. The molecule has 1 aliphatic heterocycles. The van der Waals surface area contributed by atoms with Crippen LogP contribution >= 0.6 is 11.6 Å². The maximum Gasteiger partial charge on any atom is 0.255 e. The van der Waals surface area contributed by atoms with Crippen LogP contribution in [-0.2, 0) is 4.79 Å². The third-order valence-electron chi connectivity index (χ3n) is 5.80. The number of carbonyl (C=O) groups is 2. The number of rotatable bonds is 5. The van der Waals surface area contributed by atoms with Crippen molar-refractivity contribution < 1.29 is 9.59 Å². The van der Waals surface area contributed by atoms with E-state index in [1.54, 1.807) is 15.8 Å². The smallest absolute Gasteiger partial charge is 0.255 e. The number of nitrogens with one attached hydrogen (secondary N) is 1. The number of aromatic nitrogens is 2. The fraction of sp³-hybridized carbons (Fsp3) is 0.292. The molecule has 1 aliphatic rings. The Kier molecular flexibility index (Phi) is 6.46.